The van der Waals surface area contributed by atoms with E-state index in [4.69, 9.17) is 41.3 Å². The van der Waals surface area contributed by atoms with Crippen LogP contribution in [0.3, 0.4) is 0 Å². The third-order valence-corrected chi connectivity index (χ3v) is 12.4. The third-order valence-electron chi connectivity index (χ3n) is 12.2. The minimum Gasteiger partial charge on any atom is -0.496 e. The number of aryl methyl sites for hydroxylation is 2. The molecule has 342 valence electrons. The van der Waals surface area contributed by atoms with Gasteiger partial charge in [0.25, 0.3) is 5.56 Å². The van der Waals surface area contributed by atoms with Crippen molar-refractivity contribution in [2.75, 3.05) is 46.6 Å². The Kier molecular flexibility index (Phi) is 12.3. The number of nitrogens with zero attached hydrogens (tertiary/aromatic N) is 8. The second-order valence-corrected chi connectivity index (χ2v) is 16.6. The first kappa shape index (κ1) is 45.3. The first-order chi connectivity index (χ1) is 31.6. The molecular formula is C47H48ClN9O9. The average molecular weight is 918 g/mol. The third kappa shape index (κ3) is 8.09. The normalized spacial score (nSPS) is 14.8. The lowest BCUT2D eigenvalue weighted by atomic mass is 9.86. The number of carbonyl (C=O) groups is 3. The quantitative estimate of drug-likeness (QED) is 0.0696. The second-order valence-electron chi connectivity index (χ2n) is 16.2. The van der Waals surface area contributed by atoms with Gasteiger partial charge in [-0.2, -0.15) is 4.98 Å². The molecule has 0 spiro atoms. The van der Waals surface area contributed by atoms with Crippen LogP contribution < -0.4 is 20.8 Å². The lowest BCUT2D eigenvalue weighted by Gasteiger charge is -2.31. The van der Waals surface area contributed by atoms with Crippen molar-refractivity contribution >= 4 is 57.6 Å². The number of aliphatic hydroxyl groups is 1. The predicted octanol–water partition coefficient (Wildman–Crippen LogP) is 5.63. The largest absolute Gasteiger partial charge is 0.496 e. The molecule has 0 fully saturated rings. The number of nitrogen functional groups attached to an aromatic ring is 1. The van der Waals surface area contributed by atoms with Crippen LogP contribution in [0.1, 0.15) is 71.3 Å². The van der Waals surface area contributed by atoms with Gasteiger partial charge in [0.1, 0.15) is 35.5 Å². The van der Waals surface area contributed by atoms with Crippen LogP contribution in [0.4, 0.5) is 15.5 Å². The predicted molar refractivity (Wildman–Crippen MR) is 244 cm³/mol. The number of esters is 1. The molecule has 66 heavy (non-hydrogen) atoms. The zero-order chi connectivity index (χ0) is 47.2. The average Bonchev–Trinajstić information content (AvgIpc) is 3.84. The van der Waals surface area contributed by atoms with Crippen molar-refractivity contribution in [3.8, 4) is 34.7 Å². The van der Waals surface area contributed by atoms with Crippen molar-refractivity contribution in [1.82, 2.24) is 38.9 Å². The number of hydrogen-bond donors (Lipinski definition) is 2. The molecule has 8 rings (SSSR count). The number of methoxy groups -OCH3 is 1. The van der Waals surface area contributed by atoms with Crippen molar-refractivity contribution in [2.24, 2.45) is 0 Å². The molecule has 7 heterocycles. The number of likely N-dealkylation sites (N-methyl/N-ethyl adjacent to an activating group) is 2. The number of rotatable bonds is 11. The zero-order valence-corrected chi connectivity index (χ0v) is 38.3. The van der Waals surface area contributed by atoms with Gasteiger partial charge in [-0.25, -0.2) is 24.4 Å². The maximum absolute atomic E-state index is 13.7. The van der Waals surface area contributed by atoms with E-state index < -0.39 is 23.8 Å². The van der Waals surface area contributed by atoms with Crippen molar-refractivity contribution < 1.29 is 38.4 Å². The number of pyridine rings is 3. The van der Waals surface area contributed by atoms with Crippen molar-refractivity contribution in [1.29, 1.82) is 0 Å². The van der Waals surface area contributed by atoms with Crippen molar-refractivity contribution in [2.45, 2.75) is 72.3 Å². The number of carbonyl (C=O) groups excluding carboxylic acids is 3. The summed E-state index contributed by atoms with van der Waals surface area (Å²) in [5, 5.41) is 12.7. The van der Waals surface area contributed by atoms with Gasteiger partial charge in [-0.3, -0.25) is 9.78 Å². The molecule has 5 aromatic heterocycles. The Balaban J connectivity index is 0.873. The first-order valence-corrected chi connectivity index (χ1v) is 21.7. The molecule has 18 nitrogen and oxygen atoms in total. The summed E-state index contributed by atoms with van der Waals surface area (Å²) in [6.07, 6.45) is 3.19. The standard InChI is InChI=1S/C47H48ClN9O9/c1-8-29-30-18-28(13-14-34(30)51-38-31(29)22-57-36(38)19-33-32(42(57)58)24-65-43(59)47(33,62)9-2)66-46(61)55(6)16-15-54(5)45(60)64-17-11-10-12-27-21-56(41-37(27)40(48)52-44(49)53-41)23-35-26(4)39(63-7)25(3)20-50-35/h13-14,18-21,62H,8-9,11,15-17,22-24H2,1-7H3,(H2,49,52,53). The molecule has 1 atom stereocenters. The van der Waals surface area contributed by atoms with E-state index >= 15 is 0 Å². The highest BCUT2D eigenvalue weighted by atomic mass is 35.5. The Morgan fingerprint density at radius 2 is 1.82 bits per heavy atom. The lowest BCUT2D eigenvalue weighted by molar-refractivity contribution is -0.172. The minimum absolute atomic E-state index is 0.0129. The summed E-state index contributed by atoms with van der Waals surface area (Å²) in [4.78, 5) is 73.1. The highest BCUT2D eigenvalue weighted by Crippen LogP contribution is 2.41. The van der Waals surface area contributed by atoms with Gasteiger partial charge in [-0.15, -0.1) is 0 Å². The summed E-state index contributed by atoms with van der Waals surface area (Å²) in [5.41, 5.74) is 11.3. The van der Waals surface area contributed by atoms with Gasteiger partial charge in [0.2, 0.25) is 5.95 Å². The molecule has 19 heteroatoms. The van der Waals surface area contributed by atoms with E-state index in [1.807, 2.05) is 31.5 Å². The van der Waals surface area contributed by atoms with Gasteiger partial charge in [0.15, 0.2) is 5.60 Å². The highest BCUT2D eigenvalue weighted by molar-refractivity contribution is 6.34. The molecule has 0 bridgehead atoms. The molecule has 6 aromatic rings. The maximum atomic E-state index is 13.7. The zero-order valence-electron chi connectivity index (χ0n) is 37.6. The highest BCUT2D eigenvalue weighted by Gasteiger charge is 2.45. The number of hydrogen-bond acceptors (Lipinski definition) is 14. The van der Waals surface area contributed by atoms with Crippen LogP contribution in [0.25, 0.3) is 33.3 Å². The summed E-state index contributed by atoms with van der Waals surface area (Å²) >= 11 is 6.53. The summed E-state index contributed by atoms with van der Waals surface area (Å²) in [5.74, 6) is 6.42. The lowest BCUT2D eigenvalue weighted by Crippen LogP contribution is -2.44. The Hall–Kier alpha value is -7.23. The van der Waals surface area contributed by atoms with Gasteiger partial charge in [-0.1, -0.05) is 37.3 Å². The van der Waals surface area contributed by atoms with Gasteiger partial charge in [0.05, 0.1) is 59.3 Å². The molecule has 1 aromatic carbocycles. The number of fused-ring (bicyclic) bond motifs is 6. The van der Waals surface area contributed by atoms with Crippen LogP contribution in [0.15, 0.2) is 41.5 Å². The number of ether oxygens (including phenoxy) is 4. The van der Waals surface area contributed by atoms with Crippen LogP contribution in [-0.2, 0) is 46.0 Å². The van der Waals surface area contributed by atoms with E-state index in [0.717, 1.165) is 39.1 Å². The molecule has 2 amide bonds. The Morgan fingerprint density at radius 3 is 2.55 bits per heavy atom. The van der Waals surface area contributed by atoms with E-state index in [-0.39, 0.29) is 73.5 Å². The van der Waals surface area contributed by atoms with Gasteiger partial charge in [0, 0.05) is 73.6 Å². The molecule has 0 aliphatic carbocycles. The summed E-state index contributed by atoms with van der Waals surface area (Å²) in [6, 6.07) is 6.81. The fourth-order valence-corrected chi connectivity index (χ4v) is 8.77. The molecule has 0 saturated heterocycles. The fourth-order valence-electron chi connectivity index (χ4n) is 8.49. The summed E-state index contributed by atoms with van der Waals surface area (Å²) in [6.45, 7) is 8.23. The molecule has 3 N–H and O–H groups in total. The first-order valence-electron chi connectivity index (χ1n) is 21.3. The van der Waals surface area contributed by atoms with E-state index in [1.165, 1.54) is 9.80 Å². The number of halogens is 1. The van der Waals surface area contributed by atoms with Crippen LogP contribution in [0.2, 0.25) is 5.15 Å². The van der Waals surface area contributed by atoms with Crippen molar-refractivity contribution in [3.05, 3.63) is 96.8 Å². The minimum atomic E-state index is -1.93. The van der Waals surface area contributed by atoms with Gasteiger partial charge >= 0.3 is 18.2 Å². The Morgan fingerprint density at radius 1 is 1.06 bits per heavy atom. The number of benzene rings is 1. The number of amides is 2. The smallest absolute Gasteiger partial charge is 0.415 e. The Bertz CT molecular complexity index is 3120. The van der Waals surface area contributed by atoms with E-state index in [2.05, 4.69) is 26.8 Å². The molecule has 1 unspecified atom stereocenters. The van der Waals surface area contributed by atoms with E-state index in [9.17, 15) is 24.3 Å². The van der Waals surface area contributed by atoms with Crippen molar-refractivity contribution in [3.63, 3.8) is 0 Å². The topological polar surface area (TPSA) is 219 Å². The number of aromatic nitrogens is 6. The maximum Gasteiger partial charge on any atom is 0.415 e. The molecule has 0 saturated carbocycles. The van der Waals surface area contributed by atoms with E-state index in [0.29, 0.717) is 52.2 Å². The van der Waals surface area contributed by atoms with Gasteiger partial charge < -0.3 is 48.7 Å². The van der Waals surface area contributed by atoms with Crippen LogP contribution in [0.5, 0.6) is 11.5 Å². The fraction of sp³-hybridized carbons (Fsp3) is 0.362. The van der Waals surface area contributed by atoms with Crippen LogP contribution in [-0.4, -0.2) is 103 Å². The van der Waals surface area contributed by atoms with E-state index in [1.54, 1.807) is 63.2 Å². The van der Waals surface area contributed by atoms with Gasteiger partial charge in [-0.05, 0) is 56.5 Å². The SMILES string of the molecule is CCc1c2c(nc3ccc(OC(=O)N(C)CCN(C)C(=O)OCCC#Cc4cn(Cc5ncc(C)c(OC)c5C)c5nc(N)nc(Cl)c45)cc13)-c1cc3c(c(=O)n1C2)COC(=O)C3(O)CC. The Labute approximate surface area is 384 Å². The number of nitrogens with two attached hydrogens (primary N) is 1. The summed E-state index contributed by atoms with van der Waals surface area (Å²) < 4.78 is 25.4. The number of anilines is 1. The monoisotopic (exact) mass is 917 g/mol. The molecule has 2 aliphatic heterocycles. The second kappa shape index (κ2) is 18.0. The molecule has 0 radical (unpaired) electrons. The molecular weight excluding hydrogens is 870 g/mol. The van der Waals surface area contributed by atoms with Crippen LogP contribution in [0, 0.1) is 25.7 Å². The molecule has 2 aliphatic rings. The number of cyclic esters (lactones) is 1. The summed E-state index contributed by atoms with van der Waals surface area (Å²) in [7, 11) is 4.75. The van der Waals surface area contributed by atoms with Crippen LogP contribution >= 0.6 is 11.6 Å².